The van der Waals surface area contributed by atoms with Gasteiger partial charge in [0.15, 0.2) is 0 Å². The molecule has 0 fully saturated rings. The monoisotopic (exact) mass is 334 g/mol. The van der Waals surface area contributed by atoms with Crippen molar-refractivity contribution in [3.05, 3.63) is 58.1 Å². The van der Waals surface area contributed by atoms with Gasteiger partial charge in [-0.1, -0.05) is 47.2 Å². The quantitative estimate of drug-likeness (QED) is 0.814. The van der Waals surface area contributed by atoms with Crippen molar-refractivity contribution >= 4 is 44.5 Å². The normalized spacial score (nSPS) is 10.2. The van der Waals surface area contributed by atoms with Crippen molar-refractivity contribution in [3.8, 4) is 0 Å². The van der Waals surface area contributed by atoms with Gasteiger partial charge in [-0.3, -0.25) is 0 Å². The number of aryl methyl sites for hydroxylation is 1. The highest BCUT2D eigenvalue weighted by atomic mass is 79.9. The van der Waals surface area contributed by atoms with Gasteiger partial charge in [-0.25, -0.2) is 0 Å². The molecule has 0 spiro atoms. The molecule has 0 aliphatic carbocycles. The molecule has 98 valence electrons. The maximum absolute atomic E-state index is 5.75. The van der Waals surface area contributed by atoms with E-state index in [0.29, 0.717) is 4.99 Å². The molecular weight excluding hydrogens is 320 g/mol. The summed E-state index contributed by atoms with van der Waals surface area (Å²) in [6, 6.07) is 14.0. The van der Waals surface area contributed by atoms with Crippen LogP contribution in [0.15, 0.2) is 46.9 Å². The summed E-state index contributed by atoms with van der Waals surface area (Å²) >= 11 is 8.57. The number of hydrogen-bond acceptors (Lipinski definition) is 2. The fourth-order valence-corrected chi connectivity index (χ4v) is 2.52. The van der Waals surface area contributed by atoms with E-state index in [1.807, 2.05) is 30.3 Å². The average molecular weight is 335 g/mol. The van der Waals surface area contributed by atoms with Crippen LogP contribution in [0.25, 0.3) is 0 Å². The van der Waals surface area contributed by atoms with Gasteiger partial charge >= 0.3 is 0 Å². The van der Waals surface area contributed by atoms with E-state index in [1.54, 1.807) is 0 Å². The number of nitrogens with two attached hydrogens (primary N) is 1. The fraction of sp³-hybridized carbons (Fsp3) is 0.133. The molecule has 0 aliphatic heterocycles. The summed E-state index contributed by atoms with van der Waals surface area (Å²) in [4.78, 5) is 0.401. The number of halogens is 1. The zero-order valence-electron chi connectivity index (χ0n) is 10.6. The first-order valence-electron chi connectivity index (χ1n) is 6.06. The highest BCUT2D eigenvalue weighted by Crippen LogP contribution is 2.26. The van der Waals surface area contributed by atoms with Crippen LogP contribution >= 0.6 is 28.1 Å². The topological polar surface area (TPSA) is 38.0 Å². The third-order valence-corrected chi connectivity index (χ3v) is 3.62. The van der Waals surface area contributed by atoms with Crippen molar-refractivity contribution in [1.82, 2.24) is 0 Å². The zero-order chi connectivity index (χ0) is 13.8. The van der Waals surface area contributed by atoms with E-state index in [1.165, 1.54) is 5.56 Å². The molecule has 3 N–H and O–H groups in total. The molecule has 0 heterocycles. The van der Waals surface area contributed by atoms with Crippen LogP contribution in [-0.4, -0.2) is 4.99 Å². The Hall–Kier alpha value is -1.39. The third-order valence-electron chi connectivity index (χ3n) is 2.91. The van der Waals surface area contributed by atoms with Crippen LogP contribution in [0.5, 0.6) is 0 Å². The first-order chi connectivity index (χ1) is 9.11. The van der Waals surface area contributed by atoms with Gasteiger partial charge in [-0.05, 0) is 42.3 Å². The zero-order valence-corrected chi connectivity index (χ0v) is 13.0. The predicted octanol–water partition coefficient (Wildman–Crippen LogP) is 4.39. The Morgan fingerprint density at radius 2 is 1.95 bits per heavy atom. The first kappa shape index (κ1) is 14.0. The van der Waals surface area contributed by atoms with Gasteiger partial charge in [0.25, 0.3) is 0 Å². The van der Waals surface area contributed by atoms with E-state index >= 15 is 0 Å². The molecule has 0 amide bonds. The smallest absolute Gasteiger partial charge is 0.106 e. The summed E-state index contributed by atoms with van der Waals surface area (Å²) in [5.74, 6) is 0. The summed E-state index contributed by atoms with van der Waals surface area (Å²) in [5, 5.41) is 3.41. The molecule has 4 heteroatoms. The lowest BCUT2D eigenvalue weighted by Gasteiger charge is -2.14. The van der Waals surface area contributed by atoms with Gasteiger partial charge in [-0.15, -0.1) is 0 Å². The van der Waals surface area contributed by atoms with E-state index in [4.69, 9.17) is 18.0 Å². The molecule has 0 saturated carbocycles. The van der Waals surface area contributed by atoms with Crippen LogP contribution in [-0.2, 0) is 6.42 Å². The molecular formula is C15H15BrN2S. The third kappa shape index (κ3) is 3.33. The van der Waals surface area contributed by atoms with E-state index < -0.39 is 0 Å². The molecule has 0 unspecified atom stereocenters. The molecule has 2 aromatic rings. The fourth-order valence-electron chi connectivity index (χ4n) is 1.93. The van der Waals surface area contributed by atoms with Gasteiger partial charge in [-0.2, -0.15) is 0 Å². The van der Waals surface area contributed by atoms with Crippen LogP contribution in [0, 0.1) is 0 Å². The minimum absolute atomic E-state index is 0.401. The van der Waals surface area contributed by atoms with Crippen LogP contribution in [0.3, 0.4) is 0 Å². The second-order valence-corrected chi connectivity index (χ2v) is 5.55. The molecule has 0 aromatic heterocycles. The summed E-state index contributed by atoms with van der Waals surface area (Å²) in [6.07, 6.45) is 0.955. The number of hydrogen-bond donors (Lipinski definition) is 2. The Kier molecular flexibility index (Phi) is 4.56. The van der Waals surface area contributed by atoms with Crippen LogP contribution in [0.1, 0.15) is 18.1 Å². The molecule has 2 nitrogen and oxygen atoms in total. The number of para-hydroxylation sites is 1. The highest BCUT2D eigenvalue weighted by Gasteiger charge is 2.07. The van der Waals surface area contributed by atoms with E-state index in [2.05, 4.69) is 40.3 Å². The van der Waals surface area contributed by atoms with Crippen LogP contribution in [0.4, 0.5) is 11.4 Å². The lowest BCUT2D eigenvalue weighted by atomic mass is 10.1. The Labute approximate surface area is 127 Å². The SMILES string of the molecule is CCc1cc(Br)ccc1Nc1ccccc1C(N)=S. The lowest BCUT2D eigenvalue weighted by Crippen LogP contribution is -2.12. The number of rotatable bonds is 4. The Morgan fingerprint density at radius 1 is 1.21 bits per heavy atom. The Balaban J connectivity index is 2.39. The van der Waals surface area contributed by atoms with Gasteiger partial charge in [0, 0.05) is 21.4 Å². The molecule has 0 saturated heterocycles. The van der Waals surface area contributed by atoms with E-state index in [-0.39, 0.29) is 0 Å². The van der Waals surface area contributed by atoms with Gasteiger partial charge in [0.05, 0.1) is 0 Å². The Morgan fingerprint density at radius 3 is 2.63 bits per heavy atom. The lowest BCUT2D eigenvalue weighted by molar-refractivity contribution is 1.14. The van der Waals surface area contributed by atoms with E-state index in [9.17, 15) is 0 Å². The van der Waals surface area contributed by atoms with E-state index in [0.717, 1.165) is 27.8 Å². The molecule has 0 bridgehead atoms. The van der Waals surface area contributed by atoms with Crippen molar-refractivity contribution in [2.75, 3.05) is 5.32 Å². The maximum atomic E-state index is 5.75. The Bertz CT molecular complexity index is 611. The van der Waals surface area contributed by atoms with Gasteiger partial charge in [0.1, 0.15) is 4.99 Å². The molecule has 0 aliphatic rings. The number of thiocarbonyl (C=S) groups is 1. The first-order valence-corrected chi connectivity index (χ1v) is 7.26. The van der Waals surface area contributed by atoms with Crippen molar-refractivity contribution in [2.45, 2.75) is 13.3 Å². The summed E-state index contributed by atoms with van der Waals surface area (Å²) < 4.78 is 1.08. The minimum atomic E-state index is 0.401. The standard InChI is InChI=1S/C15H15BrN2S/c1-2-10-9-11(16)7-8-13(10)18-14-6-4-3-5-12(14)15(17)19/h3-9,18H,2H2,1H3,(H2,17,19). The molecule has 2 rings (SSSR count). The van der Waals surface area contributed by atoms with Crippen molar-refractivity contribution < 1.29 is 0 Å². The number of anilines is 2. The van der Waals surface area contributed by atoms with Crippen molar-refractivity contribution in [3.63, 3.8) is 0 Å². The van der Waals surface area contributed by atoms with Crippen LogP contribution < -0.4 is 11.1 Å². The summed E-state index contributed by atoms with van der Waals surface area (Å²) in [5.41, 5.74) is 9.87. The molecule has 0 atom stereocenters. The summed E-state index contributed by atoms with van der Waals surface area (Å²) in [6.45, 7) is 2.13. The second-order valence-electron chi connectivity index (χ2n) is 4.19. The minimum Gasteiger partial charge on any atom is -0.389 e. The highest BCUT2D eigenvalue weighted by molar-refractivity contribution is 9.10. The molecule has 0 radical (unpaired) electrons. The number of benzene rings is 2. The van der Waals surface area contributed by atoms with Gasteiger partial charge < -0.3 is 11.1 Å². The number of nitrogens with one attached hydrogen (secondary N) is 1. The van der Waals surface area contributed by atoms with Crippen molar-refractivity contribution in [1.29, 1.82) is 0 Å². The second kappa shape index (κ2) is 6.17. The molecule has 2 aromatic carbocycles. The largest absolute Gasteiger partial charge is 0.389 e. The van der Waals surface area contributed by atoms with Crippen molar-refractivity contribution in [2.24, 2.45) is 5.73 Å². The maximum Gasteiger partial charge on any atom is 0.106 e. The van der Waals surface area contributed by atoms with Crippen LogP contribution in [0.2, 0.25) is 0 Å². The average Bonchev–Trinajstić information content (AvgIpc) is 2.41. The summed E-state index contributed by atoms with van der Waals surface area (Å²) in [7, 11) is 0. The predicted molar refractivity (Wildman–Crippen MR) is 89.1 cm³/mol. The van der Waals surface area contributed by atoms with Gasteiger partial charge in [0.2, 0.25) is 0 Å². The molecule has 19 heavy (non-hydrogen) atoms.